The van der Waals surface area contributed by atoms with Crippen molar-refractivity contribution >= 4 is 11.5 Å². The number of anilines is 2. The van der Waals surface area contributed by atoms with Gasteiger partial charge in [-0.25, -0.2) is 9.97 Å². The second-order valence-electron chi connectivity index (χ2n) is 6.78. The molecule has 6 nitrogen and oxygen atoms in total. The molecule has 134 valence electrons. The summed E-state index contributed by atoms with van der Waals surface area (Å²) in [6.07, 6.45) is 6.13. The molecule has 3 rings (SSSR count). The van der Waals surface area contributed by atoms with Gasteiger partial charge in [0, 0.05) is 46.0 Å². The molecule has 0 aliphatic carbocycles. The quantitative estimate of drug-likeness (QED) is 0.872. The van der Waals surface area contributed by atoms with E-state index in [0.29, 0.717) is 5.88 Å². The smallest absolute Gasteiger partial charge is 0.213 e. The van der Waals surface area contributed by atoms with Crippen molar-refractivity contribution in [1.82, 2.24) is 14.9 Å². The highest BCUT2D eigenvalue weighted by Crippen LogP contribution is 2.18. The molecule has 0 aromatic carbocycles. The molecule has 6 heteroatoms. The number of ether oxygens (including phenoxy) is 1. The molecular formula is C19H27N5O. The van der Waals surface area contributed by atoms with Gasteiger partial charge in [-0.05, 0) is 37.6 Å². The molecule has 0 spiro atoms. The molecule has 1 aliphatic rings. The number of nitrogens with one attached hydrogen (secondary N) is 1. The van der Waals surface area contributed by atoms with Gasteiger partial charge in [-0.15, -0.1) is 0 Å². The summed E-state index contributed by atoms with van der Waals surface area (Å²) in [4.78, 5) is 13.2. The first-order chi connectivity index (χ1) is 12.1. The highest BCUT2D eigenvalue weighted by molar-refractivity contribution is 5.43. The molecule has 0 radical (unpaired) electrons. The Hall–Kier alpha value is -2.34. The molecule has 0 amide bonds. The summed E-state index contributed by atoms with van der Waals surface area (Å²) >= 11 is 0. The average Bonchev–Trinajstić information content (AvgIpc) is 2.63. The third-order valence-electron chi connectivity index (χ3n) is 4.45. The van der Waals surface area contributed by atoms with Crippen LogP contribution < -0.4 is 15.0 Å². The summed E-state index contributed by atoms with van der Waals surface area (Å²) in [7, 11) is 6.13. The molecule has 1 saturated heterocycles. The SMILES string of the molecule is CN1CCC(Oc2ccc(NCc3ccc(N(C)C)nc3)cn2)CC1. The van der Waals surface area contributed by atoms with Crippen LogP contribution in [-0.4, -0.2) is 55.2 Å². The van der Waals surface area contributed by atoms with Crippen molar-refractivity contribution in [3.8, 4) is 5.88 Å². The van der Waals surface area contributed by atoms with E-state index in [2.05, 4.69) is 33.3 Å². The lowest BCUT2D eigenvalue weighted by Crippen LogP contribution is -2.35. The van der Waals surface area contributed by atoms with Crippen molar-refractivity contribution in [3.05, 3.63) is 42.2 Å². The molecular weight excluding hydrogens is 314 g/mol. The molecule has 25 heavy (non-hydrogen) atoms. The minimum Gasteiger partial charge on any atom is -0.474 e. The molecule has 1 aliphatic heterocycles. The van der Waals surface area contributed by atoms with E-state index in [1.165, 1.54) is 0 Å². The van der Waals surface area contributed by atoms with E-state index in [1.54, 1.807) is 0 Å². The second-order valence-corrected chi connectivity index (χ2v) is 6.78. The Morgan fingerprint density at radius 3 is 2.52 bits per heavy atom. The van der Waals surface area contributed by atoms with Gasteiger partial charge < -0.3 is 19.9 Å². The number of hydrogen-bond acceptors (Lipinski definition) is 6. The lowest BCUT2D eigenvalue weighted by molar-refractivity contribution is 0.110. The van der Waals surface area contributed by atoms with Crippen molar-refractivity contribution < 1.29 is 4.74 Å². The Kier molecular flexibility index (Phi) is 5.71. The third-order valence-corrected chi connectivity index (χ3v) is 4.45. The fourth-order valence-corrected chi connectivity index (χ4v) is 2.82. The Labute approximate surface area is 149 Å². The monoisotopic (exact) mass is 341 g/mol. The molecule has 1 N–H and O–H groups in total. The van der Waals surface area contributed by atoms with Gasteiger partial charge in [0.15, 0.2) is 0 Å². The standard InChI is InChI=1S/C19H27N5O/c1-23(2)18-6-4-15(13-21-18)12-20-16-5-7-19(22-14-16)25-17-8-10-24(3)11-9-17/h4-7,13-14,17,20H,8-12H2,1-3H3. The van der Waals surface area contributed by atoms with Crippen LogP contribution in [0.4, 0.5) is 11.5 Å². The van der Waals surface area contributed by atoms with Gasteiger partial charge >= 0.3 is 0 Å². The van der Waals surface area contributed by atoms with Crippen molar-refractivity contribution in [3.63, 3.8) is 0 Å². The summed E-state index contributed by atoms with van der Waals surface area (Å²) in [5, 5.41) is 3.37. The zero-order chi connectivity index (χ0) is 17.6. The van der Waals surface area contributed by atoms with Crippen molar-refractivity contribution in [2.24, 2.45) is 0 Å². The summed E-state index contributed by atoms with van der Waals surface area (Å²) < 4.78 is 5.98. The van der Waals surface area contributed by atoms with Crippen LogP contribution in [0.5, 0.6) is 5.88 Å². The van der Waals surface area contributed by atoms with Crippen LogP contribution in [0.1, 0.15) is 18.4 Å². The summed E-state index contributed by atoms with van der Waals surface area (Å²) in [6, 6.07) is 8.06. The van der Waals surface area contributed by atoms with Crippen molar-refractivity contribution in [1.29, 1.82) is 0 Å². The maximum Gasteiger partial charge on any atom is 0.213 e. The minimum atomic E-state index is 0.281. The van der Waals surface area contributed by atoms with Crippen LogP contribution in [0.25, 0.3) is 0 Å². The zero-order valence-electron chi connectivity index (χ0n) is 15.3. The molecule has 2 aromatic heterocycles. The third kappa shape index (κ3) is 5.06. The van der Waals surface area contributed by atoms with Gasteiger partial charge in [-0.2, -0.15) is 0 Å². The van der Waals surface area contributed by atoms with Gasteiger partial charge in [0.2, 0.25) is 5.88 Å². The first-order valence-electron chi connectivity index (χ1n) is 8.77. The van der Waals surface area contributed by atoms with E-state index < -0.39 is 0 Å². The number of likely N-dealkylation sites (tertiary alicyclic amines) is 1. The Morgan fingerprint density at radius 2 is 1.92 bits per heavy atom. The molecule has 2 aromatic rings. The largest absolute Gasteiger partial charge is 0.474 e. The minimum absolute atomic E-state index is 0.281. The molecule has 3 heterocycles. The number of nitrogens with zero attached hydrogens (tertiary/aromatic N) is 4. The molecule has 0 saturated carbocycles. The van der Waals surface area contributed by atoms with E-state index >= 15 is 0 Å². The van der Waals surface area contributed by atoms with Crippen LogP contribution in [0.2, 0.25) is 0 Å². The van der Waals surface area contributed by atoms with Gasteiger partial charge in [0.05, 0.1) is 11.9 Å². The Balaban J connectivity index is 1.49. The Bertz CT molecular complexity index is 649. The van der Waals surface area contributed by atoms with Crippen LogP contribution in [0, 0.1) is 0 Å². The maximum absolute atomic E-state index is 5.98. The highest BCUT2D eigenvalue weighted by atomic mass is 16.5. The summed E-state index contributed by atoms with van der Waals surface area (Å²) in [6.45, 7) is 2.90. The number of aromatic nitrogens is 2. The van der Waals surface area contributed by atoms with Gasteiger partial charge in [0.25, 0.3) is 0 Å². The van der Waals surface area contributed by atoms with E-state index in [-0.39, 0.29) is 6.10 Å². The van der Waals surface area contributed by atoms with E-state index in [0.717, 1.165) is 49.5 Å². The van der Waals surface area contributed by atoms with E-state index in [9.17, 15) is 0 Å². The van der Waals surface area contributed by atoms with E-state index in [4.69, 9.17) is 4.74 Å². The highest BCUT2D eigenvalue weighted by Gasteiger charge is 2.18. The fraction of sp³-hybridized carbons (Fsp3) is 0.474. The topological polar surface area (TPSA) is 53.5 Å². The van der Waals surface area contributed by atoms with Crippen LogP contribution in [0.15, 0.2) is 36.7 Å². The lowest BCUT2D eigenvalue weighted by atomic mass is 10.1. The molecule has 0 bridgehead atoms. The number of hydrogen-bond donors (Lipinski definition) is 1. The number of piperidine rings is 1. The van der Waals surface area contributed by atoms with Crippen molar-refractivity contribution in [2.45, 2.75) is 25.5 Å². The van der Waals surface area contributed by atoms with Crippen LogP contribution >= 0.6 is 0 Å². The number of pyridine rings is 2. The number of rotatable bonds is 6. The molecule has 0 unspecified atom stereocenters. The van der Waals surface area contributed by atoms with E-state index in [1.807, 2.05) is 49.6 Å². The molecule has 1 fully saturated rings. The normalized spacial score (nSPS) is 15.8. The summed E-state index contributed by atoms with van der Waals surface area (Å²) in [5.41, 5.74) is 2.12. The predicted octanol–water partition coefficient (Wildman–Crippen LogP) is 2.63. The lowest BCUT2D eigenvalue weighted by Gasteiger charge is -2.28. The van der Waals surface area contributed by atoms with Crippen LogP contribution in [-0.2, 0) is 6.54 Å². The van der Waals surface area contributed by atoms with Gasteiger partial charge in [-0.3, -0.25) is 0 Å². The van der Waals surface area contributed by atoms with Gasteiger partial charge in [0.1, 0.15) is 11.9 Å². The fourth-order valence-electron chi connectivity index (χ4n) is 2.82. The average molecular weight is 341 g/mol. The molecule has 0 atom stereocenters. The predicted molar refractivity (Wildman–Crippen MR) is 101 cm³/mol. The zero-order valence-corrected chi connectivity index (χ0v) is 15.3. The maximum atomic E-state index is 5.98. The van der Waals surface area contributed by atoms with Gasteiger partial charge in [-0.1, -0.05) is 6.07 Å². The first kappa shape index (κ1) is 17.5. The Morgan fingerprint density at radius 1 is 1.12 bits per heavy atom. The van der Waals surface area contributed by atoms with Crippen molar-refractivity contribution in [2.75, 3.05) is 44.4 Å². The first-order valence-corrected chi connectivity index (χ1v) is 8.77. The summed E-state index contributed by atoms with van der Waals surface area (Å²) in [5.74, 6) is 1.66. The van der Waals surface area contributed by atoms with Crippen LogP contribution in [0.3, 0.4) is 0 Å². The second kappa shape index (κ2) is 8.16.